The van der Waals surface area contributed by atoms with Gasteiger partial charge in [-0.3, -0.25) is 4.79 Å². The fraction of sp³-hybridized carbons (Fsp3) is 0.875. The lowest BCUT2D eigenvalue weighted by Crippen LogP contribution is -2.73. The second-order valence-electron chi connectivity index (χ2n) is 23.1. The maximum absolute atomic E-state index is 14.7. The standard InChI is InChI=1S/C48H72O20/c1-42(2)15-17-47(40(60)67-37-31(54)30(53)29(52)24(20-49)63-37)18-16-45(6)22(23(47)19-42)9-10-26-44(5)13-12-27(43(3,4)25(44)11-14-46(26,45)7)64-38-32(55)33-34(35(65-38)36(56)57)68-48(61-8,39(58)59)41(66-33)62-21-28(50)51/h9,23-27,29-35,37-38,41,49,52-55H,10-21H2,1-8H3,(H,50,51)(H,56,57)(H,58,59). The molecule has 4 saturated carbocycles. The lowest BCUT2D eigenvalue weighted by Gasteiger charge is -2.71. The zero-order chi connectivity index (χ0) is 49.9. The van der Waals surface area contributed by atoms with E-state index in [0.29, 0.717) is 25.7 Å². The van der Waals surface area contributed by atoms with Gasteiger partial charge in [0.05, 0.1) is 18.1 Å². The van der Waals surface area contributed by atoms with Crippen molar-refractivity contribution in [2.45, 2.75) is 192 Å². The Balaban J connectivity index is 1.04. The predicted molar refractivity (Wildman–Crippen MR) is 231 cm³/mol. The number of methoxy groups -OCH3 is 1. The molecule has 0 radical (unpaired) electrons. The van der Waals surface area contributed by atoms with Gasteiger partial charge in [-0.05, 0) is 109 Å². The van der Waals surface area contributed by atoms with Crippen LogP contribution in [0.1, 0.15) is 113 Å². The molecule has 20 heteroatoms. The summed E-state index contributed by atoms with van der Waals surface area (Å²) < 4.78 is 46.1. The van der Waals surface area contributed by atoms with Crippen molar-refractivity contribution in [1.29, 1.82) is 0 Å². The second-order valence-corrected chi connectivity index (χ2v) is 23.1. The molecular weight excluding hydrogens is 897 g/mol. The number of aliphatic carboxylic acids is 3. The van der Waals surface area contributed by atoms with E-state index < -0.39 is 128 Å². The van der Waals surface area contributed by atoms with E-state index in [1.54, 1.807) is 0 Å². The molecule has 7 fully saturated rings. The average molecular weight is 969 g/mol. The lowest BCUT2D eigenvalue weighted by atomic mass is 9.33. The highest BCUT2D eigenvalue weighted by molar-refractivity contribution is 5.79. The van der Waals surface area contributed by atoms with Crippen LogP contribution in [0.3, 0.4) is 0 Å². The van der Waals surface area contributed by atoms with Crippen molar-refractivity contribution in [3.63, 3.8) is 0 Å². The zero-order valence-electron chi connectivity index (χ0n) is 40.2. The summed E-state index contributed by atoms with van der Waals surface area (Å²) in [5.41, 5.74) is -1.00. The summed E-state index contributed by atoms with van der Waals surface area (Å²) in [6.45, 7) is 14.2. The van der Waals surface area contributed by atoms with Crippen molar-refractivity contribution in [2.75, 3.05) is 20.3 Å². The van der Waals surface area contributed by atoms with Crippen LogP contribution in [0.2, 0.25) is 0 Å². The number of hydrogen-bond donors (Lipinski definition) is 8. The van der Waals surface area contributed by atoms with E-state index in [1.807, 2.05) is 0 Å². The van der Waals surface area contributed by atoms with Gasteiger partial charge in [0, 0.05) is 7.11 Å². The van der Waals surface area contributed by atoms with E-state index >= 15 is 0 Å². The fourth-order valence-electron chi connectivity index (χ4n) is 15.0. The van der Waals surface area contributed by atoms with Crippen molar-refractivity contribution in [1.82, 2.24) is 0 Å². The number of carbonyl (C=O) groups is 4. The molecule has 3 heterocycles. The molecule has 20 nitrogen and oxygen atoms in total. The summed E-state index contributed by atoms with van der Waals surface area (Å²) in [5, 5.41) is 83.0. The van der Waals surface area contributed by atoms with Crippen LogP contribution < -0.4 is 0 Å². The van der Waals surface area contributed by atoms with Gasteiger partial charge in [-0.25, -0.2) is 14.4 Å². The first-order valence-electron chi connectivity index (χ1n) is 24.1. The van der Waals surface area contributed by atoms with Gasteiger partial charge in [-0.15, -0.1) is 0 Å². The lowest BCUT2D eigenvalue weighted by molar-refractivity contribution is -0.438. The molecule has 0 aromatic carbocycles. The summed E-state index contributed by atoms with van der Waals surface area (Å²) in [6.07, 6.45) is -9.44. The monoisotopic (exact) mass is 968 g/mol. The van der Waals surface area contributed by atoms with E-state index in [0.717, 1.165) is 45.6 Å². The highest BCUT2D eigenvalue weighted by Crippen LogP contribution is 2.76. The van der Waals surface area contributed by atoms with Crippen LogP contribution in [0.4, 0.5) is 0 Å². The van der Waals surface area contributed by atoms with Crippen molar-refractivity contribution < 1.29 is 97.9 Å². The molecule has 3 aliphatic heterocycles. The number of carbonyl (C=O) groups excluding carboxylic acids is 1. The van der Waals surface area contributed by atoms with Crippen molar-refractivity contribution in [3.8, 4) is 0 Å². The third kappa shape index (κ3) is 7.77. The highest BCUT2D eigenvalue weighted by Gasteiger charge is 2.71. The molecule has 0 amide bonds. The number of aliphatic hydroxyl groups is 5. The molecule has 0 spiro atoms. The van der Waals surface area contributed by atoms with E-state index in [4.69, 9.17) is 37.9 Å². The van der Waals surface area contributed by atoms with Crippen LogP contribution in [-0.4, -0.2) is 165 Å². The Bertz CT molecular complexity index is 2010. The third-order valence-electron chi connectivity index (χ3n) is 19.0. The topological polar surface area (TPSA) is 304 Å². The van der Waals surface area contributed by atoms with Crippen LogP contribution in [0.25, 0.3) is 0 Å². The van der Waals surface area contributed by atoms with Crippen molar-refractivity contribution >= 4 is 23.9 Å². The first-order valence-corrected chi connectivity index (χ1v) is 24.1. The third-order valence-corrected chi connectivity index (χ3v) is 19.0. The average Bonchev–Trinajstić information content (AvgIpc) is 3.27. The molecule has 8 rings (SSSR count). The first-order chi connectivity index (χ1) is 31.7. The predicted octanol–water partition coefficient (Wildman–Crippen LogP) is 2.33. The molecule has 0 aromatic heterocycles. The number of hydrogen-bond acceptors (Lipinski definition) is 17. The molecule has 20 atom stereocenters. The van der Waals surface area contributed by atoms with Gasteiger partial charge in [0.2, 0.25) is 12.6 Å². The number of allylic oxidation sites excluding steroid dienone is 2. The zero-order valence-corrected chi connectivity index (χ0v) is 40.2. The normalized spacial score (nSPS) is 49.3. The number of ether oxygens (including phenoxy) is 8. The quantitative estimate of drug-likeness (QED) is 0.0837. The number of fused-ring (bicyclic) bond motifs is 8. The van der Waals surface area contributed by atoms with Gasteiger partial charge in [0.15, 0.2) is 12.4 Å². The van der Waals surface area contributed by atoms with Gasteiger partial charge in [-0.2, -0.15) is 0 Å². The minimum Gasteiger partial charge on any atom is -0.480 e. The number of carboxylic acids is 3. The molecular formula is C48H72O20. The molecule has 8 aliphatic rings. The Hall–Kier alpha value is -2.86. The second kappa shape index (κ2) is 17.7. The van der Waals surface area contributed by atoms with Gasteiger partial charge in [0.1, 0.15) is 49.3 Å². The van der Waals surface area contributed by atoms with E-state index in [1.165, 1.54) is 5.57 Å². The molecule has 5 aliphatic carbocycles. The number of esters is 1. The molecule has 8 N–H and O–H groups in total. The number of carboxylic acid groups (broad SMARTS) is 3. The molecule has 384 valence electrons. The van der Waals surface area contributed by atoms with Crippen molar-refractivity contribution in [3.05, 3.63) is 11.6 Å². The van der Waals surface area contributed by atoms with E-state index in [2.05, 4.69) is 54.5 Å². The minimum atomic E-state index is -2.80. The Morgan fingerprint density at radius 2 is 1.46 bits per heavy atom. The van der Waals surface area contributed by atoms with Crippen molar-refractivity contribution in [2.24, 2.45) is 50.2 Å². The summed E-state index contributed by atoms with van der Waals surface area (Å²) in [4.78, 5) is 51.3. The Kier molecular flexibility index (Phi) is 13.4. The number of aliphatic hydroxyl groups excluding tert-OH is 5. The fourth-order valence-corrected chi connectivity index (χ4v) is 15.0. The first kappa shape index (κ1) is 51.5. The summed E-state index contributed by atoms with van der Waals surface area (Å²) >= 11 is 0. The van der Waals surface area contributed by atoms with Gasteiger partial charge < -0.3 is 78.7 Å². The van der Waals surface area contributed by atoms with Crippen LogP contribution in [0, 0.1) is 50.2 Å². The summed E-state index contributed by atoms with van der Waals surface area (Å²) in [6, 6.07) is 0. The van der Waals surface area contributed by atoms with Crippen LogP contribution in [0.15, 0.2) is 11.6 Å². The van der Waals surface area contributed by atoms with Crippen LogP contribution in [-0.2, 0) is 57.1 Å². The Labute approximate surface area is 395 Å². The molecule has 3 saturated heterocycles. The SMILES string of the molecule is COC1(C(=O)O)OC2C(C(=O)O)OC(OC3CCC4(C)C(CCC5(C)C4CC=C4C6CC(C)(C)CCC6(C(=O)OC6OC(CO)C(O)C(O)C6O)CCC45C)C3(C)C)C(O)C2OC1OCC(=O)O. The van der Waals surface area contributed by atoms with E-state index in [-0.39, 0.29) is 39.4 Å². The minimum absolute atomic E-state index is 0.0829. The summed E-state index contributed by atoms with van der Waals surface area (Å²) in [5.74, 6) is -7.96. The Morgan fingerprint density at radius 1 is 0.765 bits per heavy atom. The molecule has 20 unspecified atom stereocenters. The summed E-state index contributed by atoms with van der Waals surface area (Å²) in [7, 11) is 0.945. The van der Waals surface area contributed by atoms with Gasteiger partial charge in [0.25, 0.3) is 0 Å². The van der Waals surface area contributed by atoms with Gasteiger partial charge >= 0.3 is 29.7 Å². The van der Waals surface area contributed by atoms with E-state index in [9.17, 15) is 60.0 Å². The highest BCUT2D eigenvalue weighted by atomic mass is 16.8. The maximum Gasteiger partial charge on any atom is 0.370 e. The molecule has 68 heavy (non-hydrogen) atoms. The van der Waals surface area contributed by atoms with Crippen LogP contribution >= 0.6 is 0 Å². The maximum atomic E-state index is 14.7. The Morgan fingerprint density at radius 3 is 2.09 bits per heavy atom. The molecule has 0 bridgehead atoms. The van der Waals surface area contributed by atoms with Gasteiger partial charge in [-0.1, -0.05) is 60.1 Å². The molecule has 0 aromatic rings. The number of rotatable bonds is 11. The smallest absolute Gasteiger partial charge is 0.370 e. The van der Waals surface area contributed by atoms with Crippen LogP contribution in [0.5, 0.6) is 0 Å². The largest absolute Gasteiger partial charge is 0.480 e.